The number of hydrogen-bond acceptors (Lipinski definition) is 4. The molecule has 0 aromatic heterocycles. The fourth-order valence-corrected chi connectivity index (χ4v) is 3.74. The summed E-state index contributed by atoms with van der Waals surface area (Å²) in [5.74, 6) is 0.321. The molecule has 6 heteroatoms. The van der Waals surface area contributed by atoms with Crippen molar-refractivity contribution in [2.45, 2.75) is 31.1 Å². The van der Waals surface area contributed by atoms with E-state index in [0.29, 0.717) is 23.6 Å². The Bertz CT molecular complexity index is 868. The van der Waals surface area contributed by atoms with Gasteiger partial charge in [-0.15, -0.1) is 0 Å². The SMILES string of the molecule is COc1cc(C#N)ccc1OCC(=O)NCC1(c2ccc(F)cc2)CCCC1. The van der Waals surface area contributed by atoms with Crippen molar-refractivity contribution in [2.75, 3.05) is 20.3 Å². The molecule has 0 saturated heterocycles. The van der Waals surface area contributed by atoms with Crippen molar-refractivity contribution in [3.8, 4) is 17.6 Å². The van der Waals surface area contributed by atoms with Gasteiger partial charge in [0.15, 0.2) is 18.1 Å². The van der Waals surface area contributed by atoms with Crippen LogP contribution in [-0.2, 0) is 10.2 Å². The average molecular weight is 382 g/mol. The largest absolute Gasteiger partial charge is 0.493 e. The van der Waals surface area contributed by atoms with Crippen molar-refractivity contribution in [3.05, 3.63) is 59.4 Å². The fraction of sp³-hybridized carbons (Fsp3) is 0.364. The summed E-state index contributed by atoms with van der Waals surface area (Å²) in [5.41, 5.74) is 1.35. The summed E-state index contributed by atoms with van der Waals surface area (Å²) < 4.78 is 24.0. The number of ether oxygens (including phenoxy) is 2. The Labute approximate surface area is 164 Å². The van der Waals surface area contributed by atoms with E-state index < -0.39 is 0 Å². The van der Waals surface area contributed by atoms with Crippen LogP contribution >= 0.6 is 0 Å². The van der Waals surface area contributed by atoms with Crippen LogP contribution in [0.5, 0.6) is 11.5 Å². The maximum absolute atomic E-state index is 13.3. The highest BCUT2D eigenvalue weighted by molar-refractivity contribution is 5.77. The first-order chi connectivity index (χ1) is 13.6. The number of hydrogen-bond donors (Lipinski definition) is 1. The summed E-state index contributed by atoms with van der Waals surface area (Å²) in [7, 11) is 1.48. The first kappa shape index (κ1) is 19.7. The van der Waals surface area contributed by atoms with Crippen molar-refractivity contribution in [2.24, 2.45) is 0 Å². The van der Waals surface area contributed by atoms with Gasteiger partial charge in [-0.1, -0.05) is 25.0 Å². The van der Waals surface area contributed by atoms with E-state index in [0.717, 1.165) is 31.2 Å². The average Bonchev–Trinajstić information content (AvgIpc) is 3.21. The molecule has 146 valence electrons. The zero-order valence-electron chi connectivity index (χ0n) is 15.8. The molecule has 3 rings (SSSR count). The van der Waals surface area contributed by atoms with Crippen LogP contribution in [0, 0.1) is 17.1 Å². The number of nitriles is 1. The van der Waals surface area contributed by atoms with Gasteiger partial charge in [-0.3, -0.25) is 4.79 Å². The highest BCUT2D eigenvalue weighted by Crippen LogP contribution is 2.40. The molecule has 0 unspecified atom stereocenters. The zero-order chi connectivity index (χ0) is 20.0. The van der Waals surface area contributed by atoms with E-state index in [1.165, 1.54) is 19.2 Å². The van der Waals surface area contributed by atoms with Gasteiger partial charge < -0.3 is 14.8 Å². The molecule has 2 aromatic rings. The van der Waals surface area contributed by atoms with Crippen molar-refractivity contribution in [1.29, 1.82) is 5.26 Å². The topological polar surface area (TPSA) is 71.3 Å². The quantitative estimate of drug-likeness (QED) is 0.792. The predicted octanol–water partition coefficient (Wildman–Crippen LogP) is 3.71. The van der Waals surface area contributed by atoms with Crippen LogP contribution in [0.15, 0.2) is 42.5 Å². The zero-order valence-corrected chi connectivity index (χ0v) is 15.8. The van der Waals surface area contributed by atoms with Gasteiger partial charge in [0.05, 0.1) is 18.7 Å². The standard InChI is InChI=1S/C22H23FN2O3/c1-27-20-12-16(13-24)4-9-19(20)28-14-21(26)25-15-22(10-2-3-11-22)17-5-7-18(23)8-6-17/h4-9,12H,2-3,10-11,14-15H2,1H3,(H,25,26). The van der Waals surface area contributed by atoms with Gasteiger partial charge in [-0.05, 0) is 42.7 Å². The molecule has 0 heterocycles. The van der Waals surface area contributed by atoms with Crippen molar-refractivity contribution in [1.82, 2.24) is 5.32 Å². The number of halogens is 1. The van der Waals surface area contributed by atoms with Crippen molar-refractivity contribution in [3.63, 3.8) is 0 Å². The lowest BCUT2D eigenvalue weighted by Crippen LogP contribution is -2.40. The molecule has 1 saturated carbocycles. The molecule has 28 heavy (non-hydrogen) atoms. The van der Waals surface area contributed by atoms with Gasteiger partial charge in [-0.25, -0.2) is 4.39 Å². The number of carbonyl (C=O) groups excluding carboxylic acids is 1. The van der Waals surface area contributed by atoms with Crippen molar-refractivity contribution < 1.29 is 18.7 Å². The molecule has 0 bridgehead atoms. The second-order valence-corrected chi connectivity index (χ2v) is 7.04. The summed E-state index contributed by atoms with van der Waals surface area (Å²) in [6.45, 7) is 0.340. The van der Waals surface area contributed by atoms with E-state index in [1.54, 1.807) is 18.2 Å². The van der Waals surface area contributed by atoms with Gasteiger partial charge in [0.1, 0.15) is 5.82 Å². The number of nitrogens with one attached hydrogen (secondary N) is 1. The Balaban J connectivity index is 1.60. The lowest BCUT2D eigenvalue weighted by atomic mass is 9.79. The van der Waals surface area contributed by atoms with Crippen LogP contribution < -0.4 is 14.8 Å². The number of benzene rings is 2. The molecule has 1 aliphatic carbocycles. The van der Waals surface area contributed by atoms with E-state index in [2.05, 4.69) is 5.32 Å². The Morgan fingerprint density at radius 3 is 2.54 bits per heavy atom. The molecule has 1 fully saturated rings. The maximum atomic E-state index is 13.3. The van der Waals surface area contributed by atoms with Crippen molar-refractivity contribution >= 4 is 5.91 Å². The summed E-state index contributed by atoms with van der Waals surface area (Å²) in [5, 5.41) is 11.9. The Morgan fingerprint density at radius 1 is 1.18 bits per heavy atom. The lowest BCUT2D eigenvalue weighted by molar-refractivity contribution is -0.123. The molecule has 0 atom stereocenters. The lowest BCUT2D eigenvalue weighted by Gasteiger charge is -2.30. The van der Waals surface area contributed by atoms with Crippen LogP contribution in [0.1, 0.15) is 36.8 Å². The second-order valence-electron chi connectivity index (χ2n) is 7.04. The fourth-order valence-electron chi connectivity index (χ4n) is 3.74. The molecule has 0 spiro atoms. The molecule has 1 N–H and O–H groups in total. The molecule has 1 aliphatic rings. The Morgan fingerprint density at radius 2 is 1.89 bits per heavy atom. The number of nitrogens with zero attached hydrogens (tertiary/aromatic N) is 1. The first-order valence-electron chi connectivity index (χ1n) is 9.30. The van der Waals surface area contributed by atoms with Gasteiger partial charge >= 0.3 is 0 Å². The molecule has 0 radical (unpaired) electrons. The minimum atomic E-state index is -0.259. The minimum absolute atomic E-state index is 0.151. The summed E-state index contributed by atoms with van der Waals surface area (Å²) >= 11 is 0. The number of amides is 1. The van der Waals surface area contributed by atoms with Crippen LogP contribution in [0.4, 0.5) is 4.39 Å². The normalized spacial score (nSPS) is 14.9. The molecule has 5 nitrogen and oxygen atoms in total. The molecular formula is C22H23FN2O3. The number of methoxy groups -OCH3 is 1. The van der Waals surface area contributed by atoms with Gasteiger partial charge in [0.25, 0.3) is 5.91 Å². The molecule has 0 aliphatic heterocycles. The van der Waals surface area contributed by atoms with Crippen LogP contribution in [0.3, 0.4) is 0 Å². The third-order valence-electron chi connectivity index (χ3n) is 5.29. The van der Waals surface area contributed by atoms with Crippen LogP contribution in [-0.4, -0.2) is 26.2 Å². The van der Waals surface area contributed by atoms with Gasteiger partial charge in [0, 0.05) is 18.0 Å². The second kappa shape index (κ2) is 8.75. The van der Waals surface area contributed by atoms with E-state index in [9.17, 15) is 9.18 Å². The van der Waals surface area contributed by atoms with E-state index in [1.807, 2.05) is 18.2 Å². The molecule has 2 aromatic carbocycles. The van der Waals surface area contributed by atoms with Crippen LogP contribution in [0.25, 0.3) is 0 Å². The highest BCUT2D eigenvalue weighted by atomic mass is 19.1. The van der Waals surface area contributed by atoms with E-state index in [4.69, 9.17) is 14.7 Å². The molecule has 1 amide bonds. The Kier molecular flexibility index (Phi) is 6.15. The Hall–Kier alpha value is -3.07. The summed E-state index contributed by atoms with van der Waals surface area (Å²) in [6, 6.07) is 13.4. The first-order valence-corrected chi connectivity index (χ1v) is 9.30. The van der Waals surface area contributed by atoms with E-state index in [-0.39, 0.29) is 23.7 Å². The van der Waals surface area contributed by atoms with E-state index >= 15 is 0 Å². The predicted molar refractivity (Wildman–Crippen MR) is 103 cm³/mol. The summed E-state index contributed by atoms with van der Waals surface area (Å²) in [4.78, 5) is 12.3. The third-order valence-corrected chi connectivity index (χ3v) is 5.29. The number of rotatable bonds is 7. The smallest absolute Gasteiger partial charge is 0.257 e. The third kappa shape index (κ3) is 4.42. The van der Waals surface area contributed by atoms with Gasteiger partial charge in [0.2, 0.25) is 0 Å². The minimum Gasteiger partial charge on any atom is -0.493 e. The summed E-state index contributed by atoms with van der Waals surface area (Å²) in [6.07, 6.45) is 4.10. The van der Waals surface area contributed by atoms with Gasteiger partial charge in [-0.2, -0.15) is 5.26 Å². The van der Waals surface area contributed by atoms with Crippen LogP contribution in [0.2, 0.25) is 0 Å². The highest BCUT2D eigenvalue weighted by Gasteiger charge is 2.35. The monoisotopic (exact) mass is 382 g/mol. The molecular weight excluding hydrogens is 359 g/mol. The maximum Gasteiger partial charge on any atom is 0.257 e. The number of carbonyl (C=O) groups is 1.